The summed E-state index contributed by atoms with van der Waals surface area (Å²) in [5.41, 5.74) is 3.29. The molecule has 2 amide bonds. The second-order valence-electron chi connectivity index (χ2n) is 7.21. The highest BCUT2D eigenvalue weighted by atomic mass is 16.5. The number of nitrogens with zero attached hydrogens (tertiary/aromatic N) is 3. The molecule has 3 aromatic rings. The molecule has 4 rings (SSSR count). The number of carbonyl (C=O) groups is 2. The van der Waals surface area contributed by atoms with Crippen molar-refractivity contribution < 1.29 is 14.3 Å². The van der Waals surface area contributed by atoms with Crippen LogP contribution < -0.4 is 5.32 Å². The second-order valence-corrected chi connectivity index (χ2v) is 7.21. The van der Waals surface area contributed by atoms with E-state index in [2.05, 4.69) is 10.4 Å². The summed E-state index contributed by atoms with van der Waals surface area (Å²) in [5, 5.41) is 7.28. The van der Waals surface area contributed by atoms with Crippen LogP contribution in [0.1, 0.15) is 27.3 Å². The van der Waals surface area contributed by atoms with Crippen LogP contribution in [0.25, 0.3) is 0 Å². The predicted octanol–water partition coefficient (Wildman–Crippen LogP) is 2.37. The monoisotopic (exact) mass is 404 g/mol. The van der Waals surface area contributed by atoms with E-state index in [-0.39, 0.29) is 18.4 Å². The van der Waals surface area contributed by atoms with Crippen LogP contribution in [-0.2, 0) is 35.8 Å². The summed E-state index contributed by atoms with van der Waals surface area (Å²) in [6.07, 6.45) is 0. The maximum atomic E-state index is 12.5. The number of ether oxygens (including phenoxy) is 1. The van der Waals surface area contributed by atoms with Crippen LogP contribution in [0, 0.1) is 0 Å². The first-order valence-electron chi connectivity index (χ1n) is 9.97. The standard InChI is InChI=1S/C23H24N4O3/c28-22(17-30-16-19-9-5-2-6-10-19)26-11-12-27-20(15-26)13-21(25-27)23(29)24-14-18-7-3-1-4-8-18/h1-10,13H,11-12,14-17H2,(H,24,29). The van der Waals surface area contributed by atoms with E-state index in [0.29, 0.717) is 38.5 Å². The van der Waals surface area contributed by atoms with Gasteiger partial charge in [-0.1, -0.05) is 60.7 Å². The lowest BCUT2D eigenvalue weighted by atomic mass is 10.2. The quantitative estimate of drug-likeness (QED) is 0.656. The number of hydrogen-bond acceptors (Lipinski definition) is 4. The number of carbonyl (C=O) groups excluding carboxylic acids is 2. The van der Waals surface area contributed by atoms with Crippen LogP contribution in [0.4, 0.5) is 0 Å². The van der Waals surface area contributed by atoms with Gasteiger partial charge in [0.2, 0.25) is 5.91 Å². The predicted molar refractivity (Wildman–Crippen MR) is 111 cm³/mol. The van der Waals surface area contributed by atoms with Gasteiger partial charge in [0.05, 0.1) is 25.4 Å². The van der Waals surface area contributed by atoms with Gasteiger partial charge in [0.25, 0.3) is 5.91 Å². The summed E-state index contributed by atoms with van der Waals surface area (Å²) >= 11 is 0. The summed E-state index contributed by atoms with van der Waals surface area (Å²) in [6, 6.07) is 21.3. The van der Waals surface area contributed by atoms with E-state index in [1.54, 1.807) is 15.6 Å². The smallest absolute Gasteiger partial charge is 0.272 e. The number of nitrogens with one attached hydrogen (secondary N) is 1. The van der Waals surface area contributed by atoms with Crippen molar-refractivity contribution in [2.24, 2.45) is 0 Å². The minimum absolute atomic E-state index is 0.0352. The van der Waals surface area contributed by atoms with Crippen molar-refractivity contribution in [1.82, 2.24) is 20.0 Å². The van der Waals surface area contributed by atoms with Crippen LogP contribution in [0.5, 0.6) is 0 Å². The Morgan fingerprint density at radius 1 is 0.967 bits per heavy atom. The first-order chi connectivity index (χ1) is 14.7. The topological polar surface area (TPSA) is 76.5 Å². The Morgan fingerprint density at radius 2 is 1.67 bits per heavy atom. The lowest BCUT2D eigenvalue weighted by Crippen LogP contribution is -2.40. The molecule has 0 aliphatic carbocycles. The van der Waals surface area contributed by atoms with E-state index in [0.717, 1.165) is 16.8 Å². The van der Waals surface area contributed by atoms with E-state index >= 15 is 0 Å². The molecule has 2 heterocycles. The van der Waals surface area contributed by atoms with Gasteiger partial charge < -0.3 is 15.0 Å². The van der Waals surface area contributed by atoms with Crippen molar-refractivity contribution in [1.29, 1.82) is 0 Å². The molecule has 7 heteroatoms. The van der Waals surface area contributed by atoms with Crippen LogP contribution in [-0.4, -0.2) is 39.6 Å². The van der Waals surface area contributed by atoms with Crippen LogP contribution >= 0.6 is 0 Å². The molecule has 0 unspecified atom stereocenters. The molecule has 30 heavy (non-hydrogen) atoms. The Labute approximate surface area is 175 Å². The van der Waals surface area contributed by atoms with Gasteiger partial charge in [-0.25, -0.2) is 0 Å². The first kappa shape index (κ1) is 19.8. The molecular formula is C23H24N4O3. The van der Waals surface area contributed by atoms with Crippen LogP contribution in [0.2, 0.25) is 0 Å². The highest BCUT2D eigenvalue weighted by molar-refractivity contribution is 5.92. The molecule has 154 valence electrons. The summed E-state index contributed by atoms with van der Waals surface area (Å²) < 4.78 is 7.36. The Hall–Kier alpha value is -3.45. The molecule has 7 nitrogen and oxygen atoms in total. The van der Waals surface area contributed by atoms with E-state index < -0.39 is 0 Å². The van der Waals surface area contributed by atoms with Gasteiger partial charge in [-0.2, -0.15) is 5.10 Å². The summed E-state index contributed by atoms with van der Waals surface area (Å²) in [7, 11) is 0. The number of benzene rings is 2. The van der Waals surface area contributed by atoms with Gasteiger partial charge in [-0.15, -0.1) is 0 Å². The zero-order valence-corrected chi connectivity index (χ0v) is 16.7. The van der Waals surface area contributed by atoms with Gasteiger partial charge in [-0.3, -0.25) is 14.3 Å². The molecule has 1 N–H and O–H groups in total. The summed E-state index contributed by atoms with van der Waals surface area (Å²) in [6.45, 7) is 2.42. The van der Waals surface area contributed by atoms with Gasteiger partial charge in [0.1, 0.15) is 6.61 Å². The summed E-state index contributed by atoms with van der Waals surface area (Å²) in [4.78, 5) is 26.7. The van der Waals surface area contributed by atoms with Gasteiger partial charge in [-0.05, 0) is 17.2 Å². The lowest BCUT2D eigenvalue weighted by molar-refractivity contribution is -0.138. The van der Waals surface area contributed by atoms with Gasteiger partial charge in [0.15, 0.2) is 5.69 Å². The number of aromatic nitrogens is 2. The molecule has 1 aliphatic heterocycles. The Balaban J connectivity index is 1.29. The van der Waals surface area contributed by atoms with Crippen molar-refractivity contribution in [3.8, 4) is 0 Å². The van der Waals surface area contributed by atoms with E-state index in [1.807, 2.05) is 60.7 Å². The molecule has 1 aliphatic rings. The molecule has 0 atom stereocenters. The minimum atomic E-state index is -0.218. The highest BCUT2D eigenvalue weighted by Crippen LogP contribution is 2.14. The molecular weight excluding hydrogens is 380 g/mol. The second kappa shape index (κ2) is 9.37. The van der Waals surface area contributed by atoms with Crippen molar-refractivity contribution >= 4 is 11.8 Å². The molecule has 0 spiro atoms. The Bertz CT molecular complexity index is 1000. The molecule has 0 saturated heterocycles. The van der Waals surface area contributed by atoms with E-state index in [1.165, 1.54) is 0 Å². The third-order valence-electron chi connectivity index (χ3n) is 5.02. The zero-order chi connectivity index (χ0) is 20.8. The molecule has 2 aromatic carbocycles. The van der Waals surface area contributed by atoms with Crippen molar-refractivity contribution in [3.05, 3.63) is 89.2 Å². The van der Waals surface area contributed by atoms with Crippen LogP contribution in [0.15, 0.2) is 66.7 Å². The average molecular weight is 404 g/mol. The fourth-order valence-electron chi connectivity index (χ4n) is 3.38. The Morgan fingerprint density at radius 3 is 2.40 bits per heavy atom. The van der Waals surface area contributed by atoms with Gasteiger partial charge in [0, 0.05) is 13.1 Å². The van der Waals surface area contributed by atoms with Crippen molar-refractivity contribution in [2.75, 3.05) is 13.2 Å². The average Bonchev–Trinajstić information content (AvgIpc) is 3.22. The third kappa shape index (κ3) is 4.93. The maximum Gasteiger partial charge on any atom is 0.272 e. The molecule has 1 aromatic heterocycles. The highest BCUT2D eigenvalue weighted by Gasteiger charge is 2.24. The van der Waals surface area contributed by atoms with E-state index in [4.69, 9.17) is 4.74 Å². The number of fused-ring (bicyclic) bond motifs is 1. The fourth-order valence-corrected chi connectivity index (χ4v) is 3.38. The van der Waals surface area contributed by atoms with E-state index in [9.17, 15) is 9.59 Å². The largest absolute Gasteiger partial charge is 0.367 e. The molecule has 0 radical (unpaired) electrons. The maximum absolute atomic E-state index is 12.5. The molecule has 0 fully saturated rings. The molecule has 0 bridgehead atoms. The first-order valence-corrected chi connectivity index (χ1v) is 9.97. The zero-order valence-electron chi connectivity index (χ0n) is 16.7. The number of hydrogen-bond donors (Lipinski definition) is 1. The van der Waals surface area contributed by atoms with Gasteiger partial charge >= 0.3 is 0 Å². The van der Waals surface area contributed by atoms with Crippen molar-refractivity contribution in [3.63, 3.8) is 0 Å². The normalized spacial score (nSPS) is 13.0. The number of rotatable bonds is 7. The Kier molecular flexibility index (Phi) is 6.20. The lowest BCUT2D eigenvalue weighted by Gasteiger charge is -2.27. The van der Waals surface area contributed by atoms with Crippen LogP contribution in [0.3, 0.4) is 0 Å². The summed E-state index contributed by atoms with van der Waals surface area (Å²) in [5.74, 6) is -0.279. The number of amides is 2. The fraction of sp³-hybridized carbons (Fsp3) is 0.261. The molecule has 0 saturated carbocycles. The minimum Gasteiger partial charge on any atom is -0.367 e. The third-order valence-corrected chi connectivity index (χ3v) is 5.02. The SMILES string of the molecule is O=C(NCc1ccccc1)c1cc2n(n1)CCN(C(=O)COCc1ccccc1)C2. The van der Waals surface area contributed by atoms with Crippen molar-refractivity contribution in [2.45, 2.75) is 26.2 Å².